The average molecular weight is 559 g/mol. The predicted octanol–water partition coefficient (Wildman–Crippen LogP) is 3.01. The van der Waals surface area contributed by atoms with Crippen LogP contribution in [0.1, 0.15) is 38.4 Å². The highest BCUT2D eigenvalue weighted by Gasteiger charge is 2.27. The molecule has 0 saturated carbocycles. The molecule has 0 amide bonds. The third-order valence-electron chi connectivity index (χ3n) is 4.82. The van der Waals surface area contributed by atoms with Gasteiger partial charge in [0.25, 0.3) is 0 Å². The van der Waals surface area contributed by atoms with Gasteiger partial charge in [-0.3, -0.25) is 4.99 Å². The van der Waals surface area contributed by atoms with Crippen LogP contribution in [0.5, 0.6) is 0 Å². The molecule has 29 heavy (non-hydrogen) atoms. The van der Waals surface area contributed by atoms with Crippen LogP contribution in [0.3, 0.4) is 0 Å². The van der Waals surface area contributed by atoms with Gasteiger partial charge >= 0.3 is 0 Å². The van der Waals surface area contributed by atoms with Crippen molar-refractivity contribution in [1.29, 1.82) is 0 Å². The van der Waals surface area contributed by atoms with Crippen LogP contribution in [0.15, 0.2) is 29.3 Å². The van der Waals surface area contributed by atoms with Gasteiger partial charge in [0.2, 0.25) is 10.0 Å². The number of aliphatic imine (C=N–C) groups is 1. The lowest BCUT2D eigenvalue weighted by molar-refractivity contribution is 0.111. The van der Waals surface area contributed by atoms with Crippen LogP contribution in [0, 0.1) is 0 Å². The third-order valence-corrected chi connectivity index (χ3v) is 6.93. The summed E-state index contributed by atoms with van der Waals surface area (Å²) in [6.45, 7) is 5.96. The Morgan fingerprint density at radius 2 is 2.03 bits per heavy atom. The summed E-state index contributed by atoms with van der Waals surface area (Å²) >= 11 is 6.08. The normalized spacial score (nSPS) is 17.4. The molecule has 1 atom stereocenters. The summed E-state index contributed by atoms with van der Waals surface area (Å²) in [6.07, 6.45) is 1.32. The van der Waals surface area contributed by atoms with Crippen molar-refractivity contribution in [3.8, 4) is 0 Å². The second kappa shape index (κ2) is 12.9. The molecule has 1 unspecified atom stereocenters. The molecule has 0 bridgehead atoms. The van der Waals surface area contributed by atoms with Crippen molar-refractivity contribution < 1.29 is 13.2 Å². The topological polar surface area (TPSA) is 83.0 Å². The van der Waals surface area contributed by atoms with Crippen LogP contribution in [-0.4, -0.2) is 63.8 Å². The van der Waals surface area contributed by atoms with E-state index in [1.165, 1.54) is 0 Å². The highest BCUT2D eigenvalue weighted by molar-refractivity contribution is 14.0. The Kier molecular flexibility index (Phi) is 11.8. The molecule has 0 spiro atoms. The maximum absolute atomic E-state index is 12.0. The Hall–Kier alpha value is -0.620. The molecule has 10 heteroatoms. The molecule has 1 saturated heterocycles. The molecule has 7 nitrogen and oxygen atoms in total. The summed E-state index contributed by atoms with van der Waals surface area (Å²) in [6, 6.07) is 7.77. The van der Waals surface area contributed by atoms with E-state index in [-0.39, 0.29) is 41.9 Å². The van der Waals surface area contributed by atoms with E-state index in [2.05, 4.69) is 15.6 Å². The van der Waals surface area contributed by atoms with Crippen LogP contribution >= 0.6 is 35.6 Å². The molecule has 1 aromatic rings. The number of piperidine rings is 1. The lowest BCUT2D eigenvalue weighted by atomic mass is 10.1. The lowest BCUT2D eigenvalue weighted by Gasteiger charge is -2.32. The minimum atomic E-state index is -3.11. The lowest BCUT2D eigenvalue weighted by Crippen LogP contribution is -2.50. The van der Waals surface area contributed by atoms with E-state index in [0.29, 0.717) is 30.6 Å². The number of sulfonamides is 1. The first-order valence-corrected chi connectivity index (χ1v) is 11.7. The fourth-order valence-corrected chi connectivity index (χ4v) is 4.50. The van der Waals surface area contributed by atoms with Crippen molar-refractivity contribution in [3.63, 3.8) is 0 Å². The number of nitrogens with one attached hydrogen (secondary N) is 2. The van der Waals surface area contributed by atoms with Crippen LogP contribution in [-0.2, 0) is 14.8 Å². The van der Waals surface area contributed by atoms with E-state index in [4.69, 9.17) is 16.3 Å². The van der Waals surface area contributed by atoms with Gasteiger partial charge in [-0.25, -0.2) is 12.7 Å². The van der Waals surface area contributed by atoms with Gasteiger partial charge in [-0.15, -0.1) is 24.0 Å². The quantitative estimate of drug-likeness (QED) is 0.291. The maximum Gasteiger partial charge on any atom is 0.213 e. The molecule has 1 aliphatic rings. The fourth-order valence-electron chi connectivity index (χ4n) is 3.17. The molecular formula is C19H32ClIN4O3S. The van der Waals surface area contributed by atoms with Crippen LogP contribution < -0.4 is 10.6 Å². The summed E-state index contributed by atoms with van der Waals surface area (Å²) in [7, 11) is -1.45. The summed E-state index contributed by atoms with van der Waals surface area (Å²) in [5.41, 5.74) is 0.979. The van der Waals surface area contributed by atoms with E-state index in [9.17, 15) is 8.42 Å². The second-order valence-electron chi connectivity index (χ2n) is 6.72. The molecule has 1 heterocycles. The van der Waals surface area contributed by atoms with Gasteiger partial charge in [0.15, 0.2) is 5.96 Å². The molecule has 0 aromatic heterocycles. The highest BCUT2D eigenvalue weighted by atomic mass is 127. The second-order valence-corrected chi connectivity index (χ2v) is 9.41. The Balaban J connectivity index is 0.00000420. The number of hydrogen-bond donors (Lipinski definition) is 2. The summed E-state index contributed by atoms with van der Waals surface area (Å²) in [5, 5.41) is 7.34. The highest BCUT2D eigenvalue weighted by Crippen LogP contribution is 2.21. The van der Waals surface area contributed by atoms with E-state index in [0.717, 1.165) is 24.9 Å². The number of nitrogens with zero attached hydrogens (tertiary/aromatic N) is 2. The van der Waals surface area contributed by atoms with Crippen molar-refractivity contribution >= 4 is 51.6 Å². The Bertz CT molecular complexity index is 756. The van der Waals surface area contributed by atoms with Crippen molar-refractivity contribution in [2.75, 3.05) is 39.0 Å². The monoisotopic (exact) mass is 558 g/mol. The summed E-state index contributed by atoms with van der Waals surface area (Å²) in [4.78, 5) is 4.66. The number of ether oxygens (including phenoxy) is 1. The SMILES string of the molecule is CCNC(=NCC(OC)c1cccc(Cl)c1)NC1CCN(S(=O)(=O)CC)CC1.I. The third kappa shape index (κ3) is 8.20. The largest absolute Gasteiger partial charge is 0.375 e. The van der Waals surface area contributed by atoms with Crippen LogP contribution in [0.2, 0.25) is 5.02 Å². The Morgan fingerprint density at radius 3 is 2.59 bits per heavy atom. The van der Waals surface area contributed by atoms with E-state index < -0.39 is 10.0 Å². The number of hydrogen-bond acceptors (Lipinski definition) is 4. The van der Waals surface area contributed by atoms with Crippen molar-refractivity contribution in [2.45, 2.75) is 38.8 Å². The predicted molar refractivity (Wildman–Crippen MR) is 130 cm³/mol. The zero-order chi connectivity index (χ0) is 20.6. The molecule has 2 rings (SSSR count). The maximum atomic E-state index is 12.0. The summed E-state index contributed by atoms with van der Waals surface area (Å²) < 4.78 is 31.2. The first kappa shape index (κ1) is 26.4. The fraction of sp³-hybridized carbons (Fsp3) is 0.632. The van der Waals surface area contributed by atoms with Crippen LogP contribution in [0.4, 0.5) is 0 Å². The number of halogens is 2. The van der Waals surface area contributed by atoms with Gasteiger partial charge < -0.3 is 15.4 Å². The summed E-state index contributed by atoms with van der Waals surface area (Å²) in [5.74, 6) is 0.861. The van der Waals surface area contributed by atoms with Gasteiger partial charge in [0, 0.05) is 37.8 Å². The van der Waals surface area contributed by atoms with Crippen molar-refractivity contribution in [1.82, 2.24) is 14.9 Å². The van der Waals surface area contributed by atoms with Gasteiger partial charge in [0.05, 0.1) is 12.3 Å². The van der Waals surface area contributed by atoms with Gasteiger partial charge in [0.1, 0.15) is 6.10 Å². The number of rotatable bonds is 8. The van der Waals surface area contributed by atoms with E-state index >= 15 is 0 Å². The molecule has 1 aliphatic heterocycles. The molecular weight excluding hydrogens is 527 g/mol. The molecule has 0 aliphatic carbocycles. The minimum Gasteiger partial charge on any atom is -0.375 e. The number of methoxy groups -OCH3 is 1. The van der Waals surface area contributed by atoms with E-state index in [1.807, 2.05) is 31.2 Å². The minimum absolute atomic E-state index is 0. The molecule has 0 radical (unpaired) electrons. The van der Waals surface area contributed by atoms with Gasteiger partial charge in [-0.05, 0) is 44.4 Å². The van der Waals surface area contributed by atoms with Gasteiger partial charge in [-0.1, -0.05) is 23.7 Å². The first-order valence-electron chi connectivity index (χ1n) is 9.70. The van der Waals surface area contributed by atoms with Crippen LogP contribution in [0.25, 0.3) is 0 Å². The van der Waals surface area contributed by atoms with E-state index in [1.54, 1.807) is 18.3 Å². The smallest absolute Gasteiger partial charge is 0.213 e. The molecule has 1 aromatic carbocycles. The first-order chi connectivity index (χ1) is 13.4. The zero-order valence-corrected chi connectivity index (χ0v) is 21.1. The molecule has 2 N–H and O–H groups in total. The van der Waals surface area contributed by atoms with Gasteiger partial charge in [-0.2, -0.15) is 0 Å². The number of guanidine groups is 1. The zero-order valence-electron chi connectivity index (χ0n) is 17.2. The van der Waals surface area contributed by atoms with Crippen molar-refractivity contribution in [3.05, 3.63) is 34.9 Å². The standard InChI is InChI=1S/C19H31ClN4O3S.HI/c1-4-21-19(22-14-18(27-3)15-7-6-8-16(20)13-15)23-17-9-11-24(12-10-17)28(25,26)5-2;/h6-8,13,17-18H,4-5,9-12,14H2,1-3H3,(H2,21,22,23);1H. The molecule has 166 valence electrons. The Morgan fingerprint density at radius 1 is 1.34 bits per heavy atom. The number of benzene rings is 1. The Labute approximate surface area is 196 Å². The van der Waals surface area contributed by atoms with Crippen molar-refractivity contribution in [2.24, 2.45) is 4.99 Å². The molecule has 1 fully saturated rings. The average Bonchev–Trinajstić information content (AvgIpc) is 2.69.